The molecule has 0 aromatic heterocycles. The van der Waals surface area contributed by atoms with Crippen LogP contribution in [0.15, 0.2) is 18.2 Å². The molecular formula is C17H28N2O. The van der Waals surface area contributed by atoms with E-state index in [2.05, 4.69) is 49.4 Å². The lowest BCUT2D eigenvalue weighted by Gasteiger charge is -2.15. The van der Waals surface area contributed by atoms with Gasteiger partial charge in [-0.25, -0.2) is 0 Å². The van der Waals surface area contributed by atoms with Gasteiger partial charge in [0, 0.05) is 12.6 Å². The van der Waals surface area contributed by atoms with Crippen molar-refractivity contribution in [2.45, 2.75) is 38.6 Å². The highest BCUT2D eigenvalue weighted by Gasteiger charge is 2.24. The van der Waals surface area contributed by atoms with Crippen molar-refractivity contribution in [3.63, 3.8) is 0 Å². The van der Waals surface area contributed by atoms with E-state index < -0.39 is 0 Å². The van der Waals surface area contributed by atoms with Crippen molar-refractivity contribution >= 4 is 0 Å². The Balaban J connectivity index is 1.93. The molecule has 0 saturated heterocycles. The fraction of sp³-hybridized carbons (Fsp3) is 0.647. The average molecular weight is 276 g/mol. The third-order valence-electron chi connectivity index (χ3n) is 3.88. The number of hydrogen-bond donors (Lipinski definition) is 1. The Hall–Kier alpha value is -1.06. The Morgan fingerprint density at radius 2 is 2.20 bits per heavy atom. The maximum atomic E-state index is 6.00. The highest BCUT2D eigenvalue weighted by Crippen LogP contribution is 2.36. The summed E-state index contributed by atoms with van der Waals surface area (Å²) < 4.78 is 6.00. The first-order valence-corrected chi connectivity index (χ1v) is 7.85. The van der Waals surface area contributed by atoms with Crippen LogP contribution in [0, 0.1) is 0 Å². The molecule has 3 heteroatoms. The van der Waals surface area contributed by atoms with Gasteiger partial charge in [-0.3, -0.25) is 0 Å². The van der Waals surface area contributed by atoms with Crippen LogP contribution in [0.5, 0.6) is 5.75 Å². The van der Waals surface area contributed by atoms with Crippen molar-refractivity contribution in [2.24, 2.45) is 0 Å². The predicted molar refractivity (Wildman–Crippen MR) is 84.5 cm³/mol. The van der Waals surface area contributed by atoms with Crippen LogP contribution in [0.1, 0.15) is 43.4 Å². The second-order valence-electron chi connectivity index (χ2n) is 5.87. The first kappa shape index (κ1) is 15.3. The van der Waals surface area contributed by atoms with Gasteiger partial charge in [-0.1, -0.05) is 19.1 Å². The van der Waals surface area contributed by atoms with Crippen LogP contribution in [0.25, 0.3) is 0 Å². The minimum Gasteiger partial charge on any atom is -0.493 e. The minimum atomic E-state index is 0.523. The third-order valence-corrected chi connectivity index (χ3v) is 3.88. The number of rotatable bonds is 8. The molecule has 1 aliphatic rings. The van der Waals surface area contributed by atoms with Gasteiger partial charge in [0.25, 0.3) is 0 Å². The zero-order chi connectivity index (χ0) is 14.4. The number of nitrogens with zero attached hydrogens (tertiary/aromatic N) is 1. The number of ether oxygens (including phenoxy) is 1. The van der Waals surface area contributed by atoms with Gasteiger partial charge < -0.3 is 15.0 Å². The fourth-order valence-electron chi connectivity index (χ4n) is 2.85. The molecule has 1 aromatic rings. The van der Waals surface area contributed by atoms with Gasteiger partial charge in [0.15, 0.2) is 0 Å². The molecule has 112 valence electrons. The molecular weight excluding hydrogens is 248 g/mol. The van der Waals surface area contributed by atoms with E-state index in [1.807, 2.05) is 0 Å². The normalized spacial score (nSPS) is 17.5. The second kappa shape index (κ2) is 7.65. The molecule has 0 saturated carbocycles. The topological polar surface area (TPSA) is 24.5 Å². The van der Waals surface area contributed by atoms with Gasteiger partial charge in [-0.05, 0) is 63.5 Å². The van der Waals surface area contributed by atoms with E-state index in [0.29, 0.717) is 6.04 Å². The number of hydrogen-bond acceptors (Lipinski definition) is 3. The maximum absolute atomic E-state index is 6.00. The number of fused-ring (bicyclic) bond motifs is 1. The minimum absolute atomic E-state index is 0.523. The van der Waals surface area contributed by atoms with Gasteiger partial charge in [0.2, 0.25) is 0 Å². The monoisotopic (exact) mass is 276 g/mol. The summed E-state index contributed by atoms with van der Waals surface area (Å²) in [5, 5.41) is 3.63. The molecule has 1 N–H and O–H groups in total. The Labute approximate surface area is 123 Å². The Kier molecular flexibility index (Phi) is 5.86. The van der Waals surface area contributed by atoms with Crippen molar-refractivity contribution in [1.82, 2.24) is 10.2 Å². The van der Waals surface area contributed by atoms with E-state index in [1.165, 1.54) is 24.0 Å². The summed E-state index contributed by atoms with van der Waals surface area (Å²) in [4.78, 5) is 2.20. The molecule has 1 aliphatic carbocycles. The molecule has 0 bridgehead atoms. The first-order chi connectivity index (χ1) is 9.72. The Morgan fingerprint density at radius 3 is 2.95 bits per heavy atom. The van der Waals surface area contributed by atoms with E-state index in [-0.39, 0.29) is 0 Å². The molecule has 0 aliphatic heterocycles. The Morgan fingerprint density at radius 1 is 1.35 bits per heavy atom. The van der Waals surface area contributed by atoms with Crippen molar-refractivity contribution < 1.29 is 4.74 Å². The van der Waals surface area contributed by atoms with Gasteiger partial charge in [-0.2, -0.15) is 0 Å². The molecule has 0 spiro atoms. The first-order valence-electron chi connectivity index (χ1n) is 7.85. The lowest BCUT2D eigenvalue weighted by Crippen LogP contribution is -2.19. The Bertz CT molecular complexity index is 417. The molecule has 2 rings (SSSR count). The van der Waals surface area contributed by atoms with Crippen LogP contribution in [0.3, 0.4) is 0 Å². The summed E-state index contributed by atoms with van der Waals surface area (Å²) >= 11 is 0. The van der Waals surface area contributed by atoms with E-state index in [0.717, 1.165) is 38.3 Å². The van der Waals surface area contributed by atoms with E-state index in [1.54, 1.807) is 0 Å². The average Bonchev–Trinajstić information content (AvgIpc) is 2.85. The van der Waals surface area contributed by atoms with Crippen LogP contribution in [-0.2, 0) is 6.42 Å². The van der Waals surface area contributed by atoms with Gasteiger partial charge >= 0.3 is 0 Å². The third kappa shape index (κ3) is 3.97. The molecule has 20 heavy (non-hydrogen) atoms. The molecule has 0 heterocycles. The quantitative estimate of drug-likeness (QED) is 0.739. The van der Waals surface area contributed by atoms with Crippen LogP contribution >= 0.6 is 0 Å². The highest BCUT2D eigenvalue weighted by atomic mass is 16.5. The SMILES string of the molecule is CCCNC1CCc2c(OCCCN(C)C)cccc21. The molecule has 1 atom stereocenters. The largest absolute Gasteiger partial charge is 0.493 e. The number of benzene rings is 1. The molecule has 0 fully saturated rings. The van der Waals surface area contributed by atoms with Crippen molar-refractivity contribution in [2.75, 3.05) is 33.8 Å². The fourth-order valence-corrected chi connectivity index (χ4v) is 2.85. The van der Waals surface area contributed by atoms with Crippen LogP contribution in [-0.4, -0.2) is 38.7 Å². The zero-order valence-corrected chi connectivity index (χ0v) is 13.1. The lowest BCUT2D eigenvalue weighted by atomic mass is 10.1. The molecule has 0 amide bonds. The smallest absolute Gasteiger partial charge is 0.122 e. The summed E-state index contributed by atoms with van der Waals surface area (Å²) in [6.45, 7) is 5.20. The van der Waals surface area contributed by atoms with E-state index in [9.17, 15) is 0 Å². The number of nitrogens with one attached hydrogen (secondary N) is 1. The van der Waals surface area contributed by atoms with Gasteiger partial charge in [0.1, 0.15) is 5.75 Å². The van der Waals surface area contributed by atoms with Gasteiger partial charge in [0.05, 0.1) is 6.61 Å². The van der Waals surface area contributed by atoms with E-state index >= 15 is 0 Å². The van der Waals surface area contributed by atoms with Crippen LogP contribution in [0.2, 0.25) is 0 Å². The van der Waals surface area contributed by atoms with E-state index in [4.69, 9.17) is 4.74 Å². The molecule has 1 aromatic carbocycles. The molecule has 1 unspecified atom stereocenters. The standard InChI is InChI=1S/C17H28N2O/c1-4-11-18-16-10-9-15-14(16)7-5-8-17(15)20-13-6-12-19(2)3/h5,7-8,16,18H,4,6,9-13H2,1-3H3. The molecule has 3 nitrogen and oxygen atoms in total. The van der Waals surface area contributed by atoms with Crippen molar-refractivity contribution in [3.05, 3.63) is 29.3 Å². The summed E-state index contributed by atoms with van der Waals surface area (Å²) in [6.07, 6.45) is 4.61. The summed E-state index contributed by atoms with van der Waals surface area (Å²) in [6, 6.07) is 7.03. The maximum Gasteiger partial charge on any atom is 0.122 e. The summed E-state index contributed by atoms with van der Waals surface area (Å²) in [5.41, 5.74) is 2.87. The predicted octanol–water partition coefficient (Wildman–Crippen LogP) is 3.00. The summed E-state index contributed by atoms with van der Waals surface area (Å²) in [5.74, 6) is 1.10. The highest BCUT2D eigenvalue weighted by molar-refractivity contribution is 5.45. The second-order valence-corrected chi connectivity index (χ2v) is 5.87. The zero-order valence-electron chi connectivity index (χ0n) is 13.1. The summed E-state index contributed by atoms with van der Waals surface area (Å²) in [7, 11) is 4.20. The van der Waals surface area contributed by atoms with Crippen LogP contribution < -0.4 is 10.1 Å². The van der Waals surface area contributed by atoms with Gasteiger partial charge in [-0.15, -0.1) is 0 Å². The van der Waals surface area contributed by atoms with Crippen LogP contribution in [0.4, 0.5) is 0 Å². The molecule has 0 radical (unpaired) electrons. The van der Waals surface area contributed by atoms with Crippen molar-refractivity contribution in [1.29, 1.82) is 0 Å². The lowest BCUT2D eigenvalue weighted by molar-refractivity contribution is 0.279. The van der Waals surface area contributed by atoms with Crippen molar-refractivity contribution in [3.8, 4) is 5.75 Å².